The predicted octanol–water partition coefficient (Wildman–Crippen LogP) is 0.843. The summed E-state index contributed by atoms with van der Waals surface area (Å²) >= 11 is 0. The van der Waals surface area contributed by atoms with Crippen LogP contribution in [0.3, 0.4) is 0 Å². The van der Waals surface area contributed by atoms with Crippen molar-refractivity contribution in [3.63, 3.8) is 0 Å². The maximum absolute atomic E-state index is 12.4. The van der Waals surface area contributed by atoms with E-state index in [9.17, 15) is 18.0 Å². The Balaban J connectivity index is 2.19. The Morgan fingerprint density at radius 2 is 1.97 bits per heavy atom. The topological polar surface area (TPSA) is 118 Å². The molecule has 0 aromatic carbocycles. The van der Waals surface area contributed by atoms with E-state index in [1.165, 1.54) is 11.9 Å². The third-order valence-corrected chi connectivity index (χ3v) is 4.71. The number of ether oxygens (including phenoxy) is 1. The summed E-state index contributed by atoms with van der Waals surface area (Å²) in [4.78, 5) is 31.7. The van der Waals surface area contributed by atoms with Crippen LogP contribution < -0.4 is 10.2 Å². The van der Waals surface area contributed by atoms with E-state index in [0.29, 0.717) is 18.8 Å². The summed E-state index contributed by atoms with van der Waals surface area (Å²) in [5, 5.41) is 2.50. The smallest absolute Gasteiger partial charge is 0.410 e. The van der Waals surface area contributed by atoms with Crippen LogP contribution in [0.25, 0.3) is 0 Å². The van der Waals surface area contributed by atoms with E-state index in [4.69, 9.17) is 8.92 Å². The third-order valence-electron chi connectivity index (χ3n) is 4.15. The van der Waals surface area contributed by atoms with Gasteiger partial charge in [0, 0.05) is 26.7 Å². The maximum Gasteiger partial charge on any atom is 0.410 e. The van der Waals surface area contributed by atoms with Crippen molar-refractivity contribution in [2.45, 2.75) is 32.4 Å². The molecule has 1 atom stereocenters. The fraction of sp³-hybridized carbons (Fsp3) is 0.611. The van der Waals surface area contributed by atoms with E-state index in [0.717, 1.165) is 6.26 Å². The zero-order valence-electron chi connectivity index (χ0n) is 17.3. The first-order chi connectivity index (χ1) is 13.4. The van der Waals surface area contributed by atoms with E-state index in [1.54, 1.807) is 39.1 Å². The number of carbonyl (C=O) groups is 2. The highest BCUT2D eigenvalue weighted by Crippen LogP contribution is 2.22. The molecule has 11 heteroatoms. The van der Waals surface area contributed by atoms with Crippen LogP contribution in [0.5, 0.6) is 0 Å². The van der Waals surface area contributed by atoms with Crippen molar-refractivity contribution in [3.8, 4) is 0 Å². The molecule has 0 spiro atoms. The minimum atomic E-state index is -3.65. The predicted molar refractivity (Wildman–Crippen MR) is 107 cm³/mol. The summed E-state index contributed by atoms with van der Waals surface area (Å²) in [6.07, 6.45) is 2.06. The minimum absolute atomic E-state index is 0.130. The molecule has 2 amide bonds. The summed E-state index contributed by atoms with van der Waals surface area (Å²) in [5.74, 6) is -0.303. The van der Waals surface area contributed by atoms with Gasteiger partial charge in [-0.15, -0.1) is 0 Å². The molecule has 0 radical (unpaired) electrons. The summed E-state index contributed by atoms with van der Waals surface area (Å²) in [6.45, 7) is 6.26. The van der Waals surface area contributed by atoms with Gasteiger partial charge >= 0.3 is 6.09 Å². The number of piperazine rings is 1. The molecule has 2 rings (SSSR count). The van der Waals surface area contributed by atoms with Crippen molar-refractivity contribution in [2.75, 3.05) is 44.4 Å². The first-order valence-corrected chi connectivity index (χ1v) is 11.0. The van der Waals surface area contributed by atoms with Gasteiger partial charge < -0.3 is 19.9 Å². The van der Waals surface area contributed by atoms with Gasteiger partial charge in [-0.1, -0.05) is 0 Å². The number of hydrogen-bond acceptors (Lipinski definition) is 8. The molecule has 1 saturated heterocycles. The molecule has 0 saturated carbocycles. The largest absolute Gasteiger partial charge is 0.444 e. The molecule has 29 heavy (non-hydrogen) atoms. The number of carbonyl (C=O) groups excluding carboxylic acids is 2. The van der Waals surface area contributed by atoms with E-state index >= 15 is 0 Å². The Hall–Kier alpha value is -2.40. The number of pyridine rings is 1. The fourth-order valence-electron chi connectivity index (χ4n) is 2.85. The van der Waals surface area contributed by atoms with E-state index in [2.05, 4.69) is 10.3 Å². The van der Waals surface area contributed by atoms with Crippen molar-refractivity contribution in [1.29, 1.82) is 0 Å². The van der Waals surface area contributed by atoms with Gasteiger partial charge in [0.05, 0.1) is 30.8 Å². The molecule has 2 heterocycles. The Morgan fingerprint density at radius 1 is 1.28 bits per heavy atom. The van der Waals surface area contributed by atoms with Gasteiger partial charge in [0.15, 0.2) is 0 Å². The quantitative estimate of drug-likeness (QED) is 0.686. The first kappa shape index (κ1) is 22.9. The molecule has 162 valence electrons. The molecular weight excluding hydrogens is 400 g/mol. The number of nitrogens with zero attached hydrogens (tertiary/aromatic N) is 3. The highest BCUT2D eigenvalue weighted by molar-refractivity contribution is 7.85. The Bertz CT molecular complexity index is 835. The molecule has 1 aliphatic rings. The second-order valence-electron chi connectivity index (χ2n) is 7.74. The average molecular weight is 429 g/mol. The maximum atomic E-state index is 12.4. The molecular formula is C18H28N4O6S. The van der Waals surface area contributed by atoms with E-state index in [1.807, 2.05) is 4.90 Å². The number of amides is 2. The van der Waals surface area contributed by atoms with Crippen molar-refractivity contribution in [3.05, 3.63) is 24.0 Å². The standard InChI is InChI=1S/C18H28N4O6S/c1-18(2,3)28-17(24)21-8-9-22(14(11-21)12-27-29(5,25)26)13-6-7-15(20-10-13)16(23)19-4/h6-7,10,14H,8-9,11-12H2,1-5H3,(H,19,23)/t14-/m1/s1. The van der Waals surface area contributed by atoms with Crippen LogP contribution in [0.2, 0.25) is 0 Å². The first-order valence-electron chi connectivity index (χ1n) is 9.17. The molecule has 1 fully saturated rings. The highest BCUT2D eigenvalue weighted by Gasteiger charge is 2.33. The van der Waals surface area contributed by atoms with Gasteiger partial charge in [0.1, 0.15) is 11.3 Å². The molecule has 1 aromatic heterocycles. The zero-order valence-corrected chi connectivity index (χ0v) is 18.2. The SMILES string of the molecule is CNC(=O)c1ccc(N2CCN(C(=O)OC(C)(C)C)C[C@@H]2COS(C)(=O)=O)cn1. The monoisotopic (exact) mass is 428 g/mol. The van der Waals surface area contributed by atoms with Gasteiger partial charge in [-0.05, 0) is 32.9 Å². The van der Waals surface area contributed by atoms with Gasteiger partial charge in [0.2, 0.25) is 0 Å². The zero-order chi connectivity index (χ0) is 21.8. The van der Waals surface area contributed by atoms with Crippen LogP contribution >= 0.6 is 0 Å². The average Bonchev–Trinajstić information content (AvgIpc) is 2.63. The Morgan fingerprint density at radius 3 is 2.48 bits per heavy atom. The minimum Gasteiger partial charge on any atom is -0.444 e. The van der Waals surface area contributed by atoms with Crippen molar-refractivity contribution < 1.29 is 26.9 Å². The van der Waals surface area contributed by atoms with Crippen molar-refractivity contribution >= 4 is 27.8 Å². The van der Waals surface area contributed by atoms with Crippen LogP contribution in [0, 0.1) is 0 Å². The lowest BCUT2D eigenvalue weighted by Crippen LogP contribution is -2.57. The summed E-state index contributed by atoms with van der Waals surface area (Å²) in [7, 11) is -2.13. The molecule has 1 aromatic rings. The lowest BCUT2D eigenvalue weighted by Gasteiger charge is -2.42. The van der Waals surface area contributed by atoms with E-state index in [-0.39, 0.29) is 24.8 Å². The summed E-state index contributed by atoms with van der Waals surface area (Å²) in [6, 6.07) is 2.88. The number of nitrogens with one attached hydrogen (secondary N) is 1. The molecule has 10 nitrogen and oxygen atoms in total. The lowest BCUT2D eigenvalue weighted by molar-refractivity contribution is 0.0202. The number of aromatic nitrogens is 1. The highest BCUT2D eigenvalue weighted by atomic mass is 32.2. The Labute approximate surface area is 171 Å². The van der Waals surface area contributed by atoms with Gasteiger partial charge in [0.25, 0.3) is 16.0 Å². The number of anilines is 1. The molecule has 0 aliphatic carbocycles. The molecule has 1 N–H and O–H groups in total. The second-order valence-corrected chi connectivity index (χ2v) is 9.39. The normalized spacial score (nSPS) is 17.8. The van der Waals surface area contributed by atoms with Gasteiger partial charge in [-0.3, -0.25) is 8.98 Å². The molecule has 0 bridgehead atoms. The van der Waals surface area contributed by atoms with Crippen LogP contribution in [0.1, 0.15) is 31.3 Å². The Kier molecular flexibility index (Phi) is 7.06. The number of rotatable bonds is 5. The van der Waals surface area contributed by atoms with Gasteiger partial charge in [-0.2, -0.15) is 8.42 Å². The molecule has 1 aliphatic heterocycles. The van der Waals surface area contributed by atoms with Crippen LogP contribution in [-0.2, 0) is 19.0 Å². The fourth-order valence-corrected chi connectivity index (χ4v) is 3.25. The number of hydrogen-bond donors (Lipinski definition) is 1. The summed E-state index contributed by atoms with van der Waals surface area (Å²) < 4.78 is 33.4. The van der Waals surface area contributed by atoms with Crippen LogP contribution in [0.15, 0.2) is 18.3 Å². The lowest BCUT2D eigenvalue weighted by atomic mass is 10.1. The summed E-state index contributed by atoms with van der Waals surface area (Å²) in [5.41, 5.74) is 0.336. The third kappa shape index (κ3) is 6.86. The van der Waals surface area contributed by atoms with Crippen LogP contribution in [0.4, 0.5) is 10.5 Å². The van der Waals surface area contributed by atoms with Gasteiger partial charge in [-0.25, -0.2) is 9.78 Å². The van der Waals surface area contributed by atoms with Crippen molar-refractivity contribution in [1.82, 2.24) is 15.2 Å². The second kappa shape index (κ2) is 8.95. The van der Waals surface area contributed by atoms with Crippen molar-refractivity contribution in [2.24, 2.45) is 0 Å². The van der Waals surface area contributed by atoms with Crippen LogP contribution in [-0.4, -0.2) is 81.5 Å². The van der Waals surface area contributed by atoms with E-state index < -0.39 is 27.9 Å². The molecule has 0 unspecified atom stereocenters.